The number of para-hydroxylation sites is 1. The van der Waals surface area contributed by atoms with Crippen LogP contribution in [0, 0.1) is 17.1 Å². The van der Waals surface area contributed by atoms with Crippen molar-refractivity contribution in [2.75, 3.05) is 6.54 Å². The smallest absolute Gasteiger partial charge is 0.254 e. The number of ether oxygens (including phenoxy) is 1. The van der Waals surface area contributed by atoms with Crippen LogP contribution in [0.4, 0.5) is 4.39 Å². The molecule has 0 fully saturated rings. The van der Waals surface area contributed by atoms with Gasteiger partial charge in [-0.05, 0) is 30.3 Å². The van der Waals surface area contributed by atoms with E-state index >= 15 is 0 Å². The van der Waals surface area contributed by atoms with Crippen molar-refractivity contribution in [3.8, 4) is 11.8 Å². The van der Waals surface area contributed by atoms with Crippen molar-refractivity contribution in [1.82, 2.24) is 10.7 Å². The molecule has 0 aromatic heterocycles. The molecule has 166 valence electrons. The Morgan fingerprint density at radius 3 is 2.58 bits per heavy atom. The van der Waals surface area contributed by atoms with E-state index in [0.717, 1.165) is 5.56 Å². The van der Waals surface area contributed by atoms with Gasteiger partial charge in [-0.15, -0.1) is 0 Å². The Labute approximate surface area is 190 Å². The molecule has 3 aromatic carbocycles. The zero-order valence-electron chi connectivity index (χ0n) is 17.6. The summed E-state index contributed by atoms with van der Waals surface area (Å²) in [7, 11) is 0. The van der Waals surface area contributed by atoms with Gasteiger partial charge >= 0.3 is 0 Å². The van der Waals surface area contributed by atoms with Gasteiger partial charge in [0.05, 0.1) is 23.4 Å². The highest BCUT2D eigenvalue weighted by molar-refractivity contribution is 5.94. The van der Waals surface area contributed by atoms with Gasteiger partial charge in [0.2, 0.25) is 5.91 Å². The molecule has 0 unspecified atom stereocenters. The van der Waals surface area contributed by atoms with E-state index in [9.17, 15) is 19.2 Å². The van der Waals surface area contributed by atoms with E-state index < -0.39 is 17.6 Å². The number of hydrazone groups is 1. The first kappa shape index (κ1) is 23.2. The van der Waals surface area contributed by atoms with Crippen LogP contribution in [0.25, 0.3) is 0 Å². The summed E-state index contributed by atoms with van der Waals surface area (Å²) in [6.07, 6.45) is 1.42. The lowest BCUT2D eigenvalue weighted by Crippen LogP contribution is -2.29. The quantitative estimate of drug-likeness (QED) is 0.389. The molecule has 33 heavy (non-hydrogen) atoms. The molecule has 0 saturated carbocycles. The highest BCUT2D eigenvalue weighted by Gasteiger charge is 2.10. The van der Waals surface area contributed by atoms with E-state index in [1.165, 1.54) is 24.4 Å². The summed E-state index contributed by atoms with van der Waals surface area (Å²) in [6, 6.07) is 22.1. The monoisotopic (exact) mass is 444 g/mol. The van der Waals surface area contributed by atoms with Crippen LogP contribution in [0.5, 0.6) is 5.75 Å². The summed E-state index contributed by atoms with van der Waals surface area (Å²) in [5.41, 5.74) is 4.24. The fourth-order valence-electron chi connectivity index (χ4n) is 2.89. The number of nitrogens with zero attached hydrogens (tertiary/aromatic N) is 2. The molecule has 8 heteroatoms. The molecule has 0 heterocycles. The third kappa shape index (κ3) is 6.74. The number of rotatable bonds is 9. The minimum atomic E-state index is -0.624. The highest BCUT2D eigenvalue weighted by Crippen LogP contribution is 2.18. The molecule has 0 aliphatic heterocycles. The molecule has 3 rings (SSSR count). The maximum Gasteiger partial charge on any atom is 0.254 e. The lowest BCUT2D eigenvalue weighted by Gasteiger charge is -2.10. The largest absolute Gasteiger partial charge is 0.488 e. The predicted molar refractivity (Wildman–Crippen MR) is 121 cm³/mol. The summed E-state index contributed by atoms with van der Waals surface area (Å²) >= 11 is 0. The fourth-order valence-corrected chi connectivity index (χ4v) is 2.89. The standard InChI is InChI=1S/C25H21FN4O3/c26-22-11-5-4-10-21(22)25(32)28-14-13-24(31)30-29-16-19-8-3-6-12-23(19)33-17-20-9-2-1-7-18(20)15-27/h1-12,16H,13-14,17H2,(H,28,32)(H,30,31). The van der Waals surface area contributed by atoms with E-state index in [4.69, 9.17) is 4.74 Å². The van der Waals surface area contributed by atoms with E-state index in [2.05, 4.69) is 21.9 Å². The normalized spacial score (nSPS) is 10.4. The summed E-state index contributed by atoms with van der Waals surface area (Å²) < 4.78 is 19.4. The number of amides is 2. The van der Waals surface area contributed by atoms with Gasteiger partial charge in [-0.3, -0.25) is 9.59 Å². The molecule has 0 atom stereocenters. The summed E-state index contributed by atoms with van der Waals surface area (Å²) in [5, 5.41) is 15.6. The zero-order chi connectivity index (χ0) is 23.5. The lowest BCUT2D eigenvalue weighted by molar-refractivity contribution is -0.120. The molecular formula is C25H21FN4O3. The van der Waals surface area contributed by atoms with Crippen LogP contribution in [0.3, 0.4) is 0 Å². The maximum absolute atomic E-state index is 13.6. The van der Waals surface area contributed by atoms with Crippen LogP contribution in [0.1, 0.15) is 33.5 Å². The molecule has 2 amide bonds. The predicted octanol–water partition coefficient (Wildman–Crippen LogP) is 3.55. The summed E-state index contributed by atoms with van der Waals surface area (Å²) in [4.78, 5) is 23.9. The Morgan fingerprint density at radius 1 is 1.03 bits per heavy atom. The molecule has 0 spiro atoms. The van der Waals surface area contributed by atoms with Crippen LogP contribution in [0.2, 0.25) is 0 Å². The molecule has 0 radical (unpaired) electrons. The summed E-state index contributed by atoms with van der Waals surface area (Å²) in [5.74, 6) is -1.09. The Balaban J connectivity index is 1.49. The van der Waals surface area contributed by atoms with Crippen LogP contribution >= 0.6 is 0 Å². The third-order valence-corrected chi connectivity index (χ3v) is 4.59. The molecule has 0 aliphatic carbocycles. The van der Waals surface area contributed by atoms with Crippen molar-refractivity contribution in [2.45, 2.75) is 13.0 Å². The van der Waals surface area contributed by atoms with Crippen LogP contribution in [0.15, 0.2) is 77.9 Å². The number of halogens is 1. The minimum Gasteiger partial charge on any atom is -0.488 e. The van der Waals surface area contributed by atoms with E-state index in [-0.39, 0.29) is 25.1 Å². The number of carbonyl (C=O) groups is 2. The average molecular weight is 444 g/mol. The van der Waals surface area contributed by atoms with Crippen LogP contribution < -0.4 is 15.5 Å². The molecule has 0 bridgehead atoms. The van der Waals surface area contributed by atoms with E-state index in [0.29, 0.717) is 16.9 Å². The van der Waals surface area contributed by atoms with Gasteiger partial charge in [-0.2, -0.15) is 10.4 Å². The molecule has 2 N–H and O–H groups in total. The number of hydrogen-bond acceptors (Lipinski definition) is 5. The first-order valence-corrected chi connectivity index (χ1v) is 10.1. The minimum absolute atomic E-state index is 0.0272. The first-order valence-electron chi connectivity index (χ1n) is 10.1. The number of benzene rings is 3. The van der Waals surface area contributed by atoms with Crippen molar-refractivity contribution < 1.29 is 18.7 Å². The second-order valence-electron chi connectivity index (χ2n) is 6.87. The van der Waals surface area contributed by atoms with Gasteiger partial charge in [0, 0.05) is 24.1 Å². The Hall–Kier alpha value is -4.51. The lowest BCUT2D eigenvalue weighted by atomic mass is 10.1. The molecular weight excluding hydrogens is 423 g/mol. The average Bonchev–Trinajstić information content (AvgIpc) is 2.83. The van der Waals surface area contributed by atoms with Crippen LogP contribution in [-0.4, -0.2) is 24.6 Å². The van der Waals surface area contributed by atoms with E-state index in [1.807, 2.05) is 12.1 Å². The van der Waals surface area contributed by atoms with Crippen LogP contribution in [-0.2, 0) is 11.4 Å². The Bertz CT molecular complexity index is 1200. The summed E-state index contributed by atoms with van der Waals surface area (Å²) in [6.45, 7) is 0.245. The second-order valence-corrected chi connectivity index (χ2v) is 6.87. The van der Waals surface area contributed by atoms with Crippen molar-refractivity contribution in [3.63, 3.8) is 0 Å². The van der Waals surface area contributed by atoms with Gasteiger partial charge < -0.3 is 10.1 Å². The molecule has 3 aromatic rings. The Morgan fingerprint density at radius 2 is 1.76 bits per heavy atom. The van der Waals surface area contributed by atoms with E-state index in [1.54, 1.807) is 42.5 Å². The van der Waals surface area contributed by atoms with Crippen molar-refractivity contribution >= 4 is 18.0 Å². The SMILES string of the molecule is N#Cc1ccccc1COc1ccccc1C=NNC(=O)CCNC(=O)c1ccccc1F. The van der Waals surface area contributed by atoms with Crippen molar-refractivity contribution in [2.24, 2.45) is 5.10 Å². The van der Waals surface area contributed by atoms with Crippen molar-refractivity contribution in [1.29, 1.82) is 5.26 Å². The molecule has 0 aliphatic rings. The van der Waals surface area contributed by atoms with Crippen molar-refractivity contribution in [3.05, 3.63) is 101 Å². The number of nitriles is 1. The highest BCUT2D eigenvalue weighted by atomic mass is 19.1. The van der Waals surface area contributed by atoms with Gasteiger partial charge in [0.25, 0.3) is 5.91 Å². The first-order chi connectivity index (χ1) is 16.1. The third-order valence-electron chi connectivity index (χ3n) is 4.59. The maximum atomic E-state index is 13.6. The second kappa shape index (κ2) is 11.8. The number of nitrogens with one attached hydrogen (secondary N) is 2. The number of carbonyl (C=O) groups excluding carboxylic acids is 2. The number of hydrogen-bond donors (Lipinski definition) is 2. The molecule has 7 nitrogen and oxygen atoms in total. The van der Waals surface area contributed by atoms with Gasteiger partial charge in [-0.25, -0.2) is 9.82 Å². The Kier molecular flexibility index (Phi) is 8.26. The topological polar surface area (TPSA) is 104 Å². The molecule has 0 saturated heterocycles. The van der Waals surface area contributed by atoms with Gasteiger partial charge in [-0.1, -0.05) is 42.5 Å². The van der Waals surface area contributed by atoms with Gasteiger partial charge in [0.1, 0.15) is 18.2 Å². The fraction of sp³-hybridized carbons (Fsp3) is 0.120. The van der Waals surface area contributed by atoms with Gasteiger partial charge in [0.15, 0.2) is 0 Å². The zero-order valence-corrected chi connectivity index (χ0v) is 17.6.